The molecule has 1 N–H and O–H groups in total. The van der Waals surface area contributed by atoms with Gasteiger partial charge in [0.25, 0.3) is 0 Å². The summed E-state index contributed by atoms with van der Waals surface area (Å²) in [5.41, 5.74) is 0.547. The number of benzene rings is 1. The van der Waals surface area contributed by atoms with E-state index in [9.17, 15) is 9.59 Å². The van der Waals surface area contributed by atoms with Crippen molar-refractivity contribution in [3.8, 4) is 0 Å². The molecule has 1 unspecified atom stereocenters. The van der Waals surface area contributed by atoms with Crippen LogP contribution < -0.4 is 4.90 Å². The first-order valence-electron chi connectivity index (χ1n) is 5.42. The lowest BCUT2D eigenvalue weighted by Gasteiger charge is -2.18. The Hall–Kier alpha value is -1.26. The number of carboxylic acids is 1. The number of carbonyl (C=O) groups is 2. The quantitative estimate of drug-likeness (QED) is 0.870. The molecule has 1 aromatic carbocycles. The molecule has 18 heavy (non-hydrogen) atoms. The third kappa shape index (κ3) is 2.44. The summed E-state index contributed by atoms with van der Waals surface area (Å²) in [6, 6.07) is 4.31. The van der Waals surface area contributed by atoms with Crippen LogP contribution in [0.25, 0.3) is 0 Å². The van der Waals surface area contributed by atoms with E-state index >= 15 is 0 Å². The van der Waals surface area contributed by atoms with Crippen molar-refractivity contribution in [1.82, 2.24) is 0 Å². The molecule has 1 atom stereocenters. The molecule has 1 amide bonds. The molecule has 1 aliphatic rings. The Bertz CT molecular complexity index is 504. The van der Waals surface area contributed by atoms with Gasteiger partial charge in [-0.2, -0.15) is 0 Å². The molecular formula is C12H11Cl2NO3. The number of carboxylic acid groups (broad SMARTS) is 1. The molecule has 0 saturated carbocycles. The lowest BCUT2D eigenvalue weighted by molar-refractivity contribution is -0.117. The van der Waals surface area contributed by atoms with Crippen molar-refractivity contribution in [1.29, 1.82) is 0 Å². The molecule has 1 aliphatic heterocycles. The first-order chi connectivity index (χ1) is 8.52. The Morgan fingerprint density at radius 2 is 2.22 bits per heavy atom. The summed E-state index contributed by atoms with van der Waals surface area (Å²) >= 11 is 11.8. The third-order valence-electron chi connectivity index (χ3n) is 2.91. The van der Waals surface area contributed by atoms with Gasteiger partial charge in [0, 0.05) is 18.8 Å². The first-order valence-corrected chi connectivity index (χ1v) is 6.33. The summed E-state index contributed by atoms with van der Waals surface area (Å²) in [6.45, 7) is 0.477. The van der Waals surface area contributed by atoms with E-state index in [1.807, 2.05) is 0 Å². The lowest BCUT2D eigenvalue weighted by atomic mass is 10.1. The number of nitrogens with zero attached hydrogens (tertiary/aromatic N) is 1. The Morgan fingerprint density at radius 1 is 1.50 bits per heavy atom. The highest BCUT2D eigenvalue weighted by Crippen LogP contribution is 2.32. The van der Waals surface area contributed by atoms with E-state index in [4.69, 9.17) is 28.3 Å². The fourth-order valence-electron chi connectivity index (χ4n) is 1.97. The molecule has 0 aliphatic carbocycles. The van der Waals surface area contributed by atoms with Gasteiger partial charge in [-0.1, -0.05) is 11.6 Å². The van der Waals surface area contributed by atoms with Gasteiger partial charge in [0.1, 0.15) is 0 Å². The molecule has 4 nitrogen and oxygen atoms in total. The summed E-state index contributed by atoms with van der Waals surface area (Å²) in [5.74, 6) is -0.638. The zero-order chi connectivity index (χ0) is 13.3. The SMILES string of the molecule is O=C(O)c1ccc(Cl)c(N2CC(CCl)CC2=O)c1. The third-order valence-corrected chi connectivity index (χ3v) is 3.66. The van der Waals surface area contributed by atoms with E-state index in [1.165, 1.54) is 23.1 Å². The highest BCUT2D eigenvalue weighted by molar-refractivity contribution is 6.34. The standard InChI is InChI=1S/C12H11Cl2NO3/c13-5-7-3-11(16)15(6-7)10-4-8(12(17)18)1-2-9(10)14/h1-2,4,7H,3,5-6H2,(H,17,18). The average molecular weight is 288 g/mol. The van der Waals surface area contributed by atoms with Gasteiger partial charge in [-0.05, 0) is 24.1 Å². The molecular weight excluding hydrogens is 277 g/mol. The summed E-state index contributed by atoms with van der Waals surface area (Å²) in [6.07, 6.45) is 0.372. The summed E-state index contributed by atoms with van der Waals surface area (Å²) in [5, 5.41) is 9.30. The van der Waals surface area contributed by atoms with Gasteiger partial charge in [-0.25, -0.2) is 4.79 Å². The van der Waals surface area contributed by atoms with E-state index in [-0.39, 0.29) is 17.4 Å². The molecule has 0 radical (unpaired) electrons. The monoisotopic (exact) mass is 287 g/mol. The fraction of sp³-hybridized carbons (Fsp3) is 0.333. The number of carbonyl (C=O) groups excluding carboxylic acids is 1. The second kappa shape index (κ2) is 5.16. The van der Waals surface area contributed by atoms with E-state index in [1.54, 1.807) is 0 Å². The smallest absolute Gasteiger partial charge is 0.335 e. The summed E-state index contributed by atoms with van der Waals surface area (Å²) in [4.78, 5) is 24.3. The molecule has 1 fully saturated rings. The van der Waals surface area contributed by atoms with Crippen molar-refractivity contribution in [2.24, 2.45) is 5.92 Å². The summed E-state index contributed by atoms with van der Waals surface area (Å²) < 4.78 is 0. The van der Waals surface area contributed by atoms with E-state index in [0.29, 0.717) is 29.6 Å². The van der Waals surface area contributed by atoms with Crippen LogP contribution in [0.4, 0.5) is 5.69 Å². The second-order valence-electron chi connectivity index (χ2n) is 4.20. The van der Waals surface area contributed by atoms with E-state index < -0.39 is 5.97 Å². The maximum absolute atomic E-state index is 11.8. The molecule has 96 valence electrons. The van der Waals surface area contributed by atoms with Gasteiger partial charge in [-0.15, -0.1) is 11.6 Å². The van der Waals surface area contributed by atoms with Crippen LogP contribution in [0, 0.1) is 5.92 Å². The Kier molecular flexibility index (Phi) is 3.78. The molecule has 1 saturated heterocycles. The number of hydrogen-bond donors (Lipinski definition) is 1. The van der Waals surface area contributed by atoms with Crippen molar-refractivity contribution in [3.05, 3.63) is 28.8 Å². The van der Waals surface area contributed by atoms with Crippen molar-refractivity contribution < 1.29 is 14.7 Å². The molecule has 0 aromatic heterocycles. The van der Waals surface area contributed by atoms with Crippen LogP contribution in [0.2, 0.25) is 5.02 Å². The van der Waals surface area contributed by atoms with Crippen LogP contribution in [0.15, 0.2) is 18.2 Å². The minimum Gasteiger partial charge on any atom is -0.478 e. The molecule has 6 heteroatoms. The van der Waals surface area contributed by atoms with Crippen LogP contribution in [0.5, 0.6) is 0 Å². The van der Waals surface area contributed by atoms with Gasteiger partial charge in [0.15, 0.2) is 0 Å². The average Bonchev–Trinajstić information content (AvgIpc) is 2.71. The van der Waals surface area contributed by atoms with Gasteiger partial charge >= 0.3 is 5.97 Å². The maximum atomic E-state index is 11.8. The largest absolute Gasteiger partial charge is 0.478 e. The zero-order valence-electron chi connectivity index (χ0n) is 9.40. The van der Waals surface area contributed by atoms with Gasteiger partial charge < -0.3 is 10.0 Å². The molecule has 0 bridgehead atoms. The van der Waals surface area contributed by atoms with Crippen LogP contribution in [-0.2, 0) is 4.79 Å². The number of hydrogen-bond acceptors (Lipinski definition) is 2. The van der Waals surface area contributed by atoms with Gasteiger partial charge in [0.05, 0.1) is 16.3 Å². The van der Waals surface area contributed by atoms with Crippen molar-refractivity contribution in [2.45, 2.75) is 6.42 Å². The van der Waals surface area contributed by atoms with E-state index in [2.05, 4.69) is 0 Å². The van der Waals surface area contributed by atoms with Gasteiger partial charge in [-0.3, -0.25) is 4.79 Å². The Labute approximate surface area is 114 Å². The normalized spacial score (nSPS) is 19.3. The van der Waals surface area contributed by atoms with Crippen LogP contribution in [0.3, 0.4) is 0 Å². The highest BCUT2D eigenvalue weighted by Gasteiger charge is 2.31. The summed E-state index contributed by atoms with van der Waals surface area (Å²) in [7, 11) is 0. The number of anilines is 1. The minimum absolute atomic E-state index is 0.0786. The number of aromatic carboxylic acids is 1. The maximum Gasteiger partial charge on any atom is 0.335 e. The fourth-order valence-corrected chi connectivity index (χ4v) is 2.40. The molecule has 1 heterocycles. The Morgan fingerprint density at radius 3 is 2.78 bits per heavy atom. The predicted molar refractivity (Wildman–Crippen MR) is 69.6 cm³/mol. The predicted octanol–water partition coefficient (Wildman–Crippen LogP) is 2.63. The number of halogens is 2. The van der Waals surface area contributed by atoms with Crippen LogP contribution in [0.1, 0.15) is 16.8 Å². The van der Waals surface area contributed by atoms with Crippen LogP contribution >= 0.6 is 23.2 Å². The second-order valence-corrected chi connectivity index (χ2v) is 4.92. The van der Waals surface area contributed by atoms with Crippen molar-refractivity contribution in [3.63, 3.8) is 0 Å². The van der Waals surface area contributed by atoms with Crippen molar-refractivity contribution >= 4 is 40.8 Å². The number of amides is 1. The molecule has 0 spiro atoms. The van der Waals surface area contributed by atoms with E-state index in [0.717, 1.165) is 0 Å². The van der Waals surface area contributed by atoms with Crippen molar-refractivity contribution in [2.75, 3.05) is 17.3 Å². The van der Waals surface area contributed by atoms with Crippen LogP contribution in [-0.4, -0.2) is 29.4 Å². The topological polar surface area (TPSA) is 57.6 Å². The number of rotatable bonds is 3. The van der Waals surface area contributed by atoms with Gasteiger partial charge in [0.2, 0.25) is 5.91 Å². The number of alkyl halides is 1. The first kappa shape index (κ1) is 13.2. The Balaban J connectivity index is 2.35. The highest BCUT2D eigenvalue weighted by atomic mass is 35.5. The molecule has 1 aromatic rings. The minimum atomic E-state index is -1.05. The molecule has 2 rings (SSSR count). The lowest BCUT2D eigenvalue weighted by Crippen LogP contribution is -2.25. The zero-order valence-corrected chi connectivity index (χ0v) is 10.9.